The Morgan fingerprint density at radius 2 is 1.74 bits per heavy atom. The van der Waals surface area contributed by atoms with Gasteiger partial charge >= 0.3 is 0 Å². The summed E-state index contributed by atoms with van der Waals surface area (Å²) < 4.78 is 11.5. The first-order valence-corrected chi connectivity index (χ1v) is 7.80. The van der Waals surface area contributed by atoms with Crippen molar-refractivity contribution >= 4 is 32.6 Å². The average Bonchev–Trinajstić information content (AvgIpc) is 3.03. The average molecular weight is 328 g/mol. The Bertz CT molecular complexity index is 805. The van der Waals surface area contributed by atoms with Crippen molar-refractivity contribution in [3.63, 3.8) is 0 Å². The quantitative estimate of drug-likeness (QED) is 0.734. The SMILES string of the molecule is COc1cc(OC)cc(C(=O)N(C)c2nc3ccccc3s2)c1. The van der Waals surface area contributed by atoms with Crippen molar-refractivity contribution in [2.75, 3.05) is 26.2 Å². The molecule has 3 rings (SSSR count). The van der Waals surface area contributed by atoms with Crippen molar-refractivity contribution in [1.82, 2.24) is 4.98 Å². The number of rotatable bonds is 4. The van der Waals surface area contributed by atoms with Crippen molar-refractivity contribution in [2.24, 2.45) is 0 Å². The van der Waals surface area contributed by atoms with Crippen LogP contribution in [0.15, 0.2) is 42.5 Å². The summed E-state index contributed by atoms with van der Waals surface area (Å²) in [6.45, 7) is 0. The fraction of sp³-hybridized carbons (Fsp3) is 0.176. The van der Waals surface area contributed by atoms with E-state index in [-0.39, 0.29) is 5.91 Å². The Hall–Kier alpha value is -2.60. The summed E-state index contributed by atoms with van der Waals surface area (Å²) in [7, 11) is 4.83. The molecule has 3 aromatic rings. The van der Waals surface area contributed by atoms with Gasteiger partial charge in [0.25, 0.3) is 5.91 Å². The number of benzene rings is 2. The number of thiazole rings is 1. The number of ether oxygens (including phenoxy) is 2. The fourth-order valence-electron chi connectivity index (χ4n) is 2.21. The molecule has 0 radical (unpaired) electrons. The van der Waals surface area contributed by atoms with E-state index in [9.17, 15) is 4.79 Å². The minimum absolute atomic E-state index is 0.166. The molecule has 0 saturated heterocycles. The molecule has 23 heavy (non-hydrogen) atoms. The molecule has 0 bridgehead atoms. The molecule has 1 amide bonds. The Morgan fingerprint density at radius 1 is 1.09 bits per heavy atom. The molecule has 1 heterocycles. The summed E-state index contributed by atoms with van der Waals surface area (Å²) in [6.07, 6.45) is 0. The van der Waals surface area contributed by atoms with Crippen LogP contribution < -0.4 is 14.4 Å². The Morgan fingerprint density at radius 3 is 2.35 bits per heavy atom. The van der Waals surface area contributed by atoms with E-state index in [4.69, 9.17) is 9.47 Å². The van der Waals surface area contributed by atoms with Crippen LogP contribution in [0.1, 0.15) is 10.4 Å². The monoisotopic (exact) mass is 328 g/mol. The van der Waals surface area contributed by atoms with Gasteiger partial charge in [-0.25, -0.2) is 4.98 Å². The number of amides is 1. The van der Waals surface area contributed by atoms with Gasteiger partial charge in [0.2, 0.25) is 0 Å². The van der Waals surface area contributed by atoms with Gasteiger partial charge in [-0.05, 0) is 24.3 Å². The fourth-order valence-corrected chi connectivity index (χ4v) is 3.14. The zero-order valence-corrected chi connectivity index (χ0v) is 13.9. The summed E-state index contributed by atoms with van der Waals surface area (Å²) in [4.78, 5) is 18.8. The highest BCUT2D eigenvalue weighted by Crippen LogP contribution is 2.30. The lowest BCUT2D eigenvalue weighted by molar-refractivity contribution is 0.0992. The number of hydrogen-bond acceptors (Lipinski definition) is 5. The van der Waals surface area contributed by atoms with Gasteiger partial charge in [-0.1, -0.05) is 23.5 Å². The minimum atomic E-state index is -0.166. The van der Waals surface area contributed by atoms with Crippen LogP contribution in [0, 0.1) is 0 Å². The zero-order valence-electron chi connectivity index (χ0n) is 13.1. The van der Waals surface area contributed by atoms with Crippen LogP contribution in [-0.2, 0) is 0 Å². The molecule has 2 aromatic carbocycles. The van der Waals surface area contributed by atoms with Crippen molar-refractivity contribution in [3.05, 3.63) is 48.0 Å². The van der Waals surface area contributed by atoms with Crippen molar-refractivity contribution in [2.45, 2.75) is 0 Å². The molecular formula is C17H16N2O3S. The van der Waals surface area contributed by atoms with E-state index in [1.165, 1.54) is 11.3 Å². The molecule has 0 N–H and O–H groups in total. The number of para-hydroxylation sites is 1. The number of carbonyl (C=O) groups is 1. The molecule has 0 unspecified atom stereocenters. The topological polar surface area (TPSA) is 51.7 Å². The van der Waals surface area contributed by atoms with Crippen LogP contribution in [0.2, 0.25) is 0 Å². The smallest absolute Gasteiger partial charge is 0.260 e. The molecule has 5 nitrogen and oxygen atoms in total. The molecule has 118 valence electrons. The molecule has 0 aliphatic heterocycles. The highest BCUT2D eigenvalue weighted by molar-refractivity contribution is 7.22. The largest absolute Gasteiger partial charge is 0.497 e. The van der Waals surface area contributed by atoms with E-state index in [2.05, 4.69) is 4.98 Å². The molecule has 6 heteroatoms. The minimum Gasteiger partial charge on any atom is -0.497 e. The second-order valence-corrected chi connectivity index (χ2v) is 5.94. The highest BCUT2D eigenvalue weighted by Gasteiger charge is 2.18. The number of anilines is 1. The second kappa shape index (κ2) is 6.26. The number of hydrogen-bond donors (Lipinski definition) is 0. The highest BCUT2D eigenvalue weighted by atomic mass is 32.1. The maximum atomic E-state index is 12.7. The van der Waals surface area contributed by atoms with E-state index in [0.29, 0.717) is 22.2 Å². The predicted molar refractivity (Wildman–Crippen MR) is 91.9 cm³/mol. The van der Waals surface area contributed by atoms with Crippen LogP contribution in [0.5, 0.6) is 11.5 Å². The number of fused-ring (bicyclic) bond motifs is 1. The molecule has 0 spiro atoms. The van der Waals surface area contributed by atoms with Crippen molar-refractivity contribution in [3.8, 4) is 11.5 Å². The van der Waals surface area contributed by atoms with Crippen LogP contribution in [0.25, 0.3) is 10.2 Å². The number of nitrogens with zero attached hydrogens (tertiary/aromatic N) is 2. The van der Waals surface area contributed by atoms with Gasteiger partial charge in [0, 0.05) is 18.7 Å². The summed E-state index contributed by atoms with van der Waals surface area (Å²) in [5.74, 6) is 0.983. The molecule has 0 saturated carbocycles. The molecule has 0 aliphatic rings. The van der Waals surface area contributed by atoms with E-state index in [0.717, 1.165) is 10.2 Å². The van der Waals surface area contributed by atoms with Gasteiger partial charge in [0.05, 0.1) is 24.4 Å². The first kappa shape index (κ1) is 15.3. The Kier molecular flexibility index (Phi) is 4.16. The summed E-state index contributed by atoms with van der Waals surface area (Å²) >= 11 is 1.48. The van der Waals surface area contributed by atoms with Gasteiger partial charge in [0.1, 0.15) is 11.5 Å². The lowest BCUT2D eigenvalue weighted by atomic mass is 10.2. The number of aromatic nitrogens is 1. The van der Waals surface area contributed by atoms with Crippen molar-refractivity contribution < 1.29 is 14.3 Å². The second-order valence-electron chi connectivity index (χ2n) is 4.93. The van der Waals surface area contributed by atoms with Crippen LogP contribution >= 0.6 is 11.3 Å². The maximum absolute atomic E-state index is 12.7. The summed E-state index contributed by atoms with van der Waals surface area (Å²) in [6, 6.07) is 12.9. The first-order valence-electron chi connectivity index (χ1n) is 6.99. The van der Waals surface area contributed by atoms with E-state index in [1.807, 2.05) is 24.3 Å². The summed E-state index contributed by atoms with van der Waals surface area (Å²) in [5.41, 5.74) is 1.37. The third-order valence-electron chi connectivity index (χ3n) is 3.47. The molecule has 1 aromatic heterocycles. The molecule has 0 fully saturated rings. The van der Waals surface area contributed by atoms with Crippen LogP contribution in [0.3, 0.4) is 0 Å². The third-order valence-corrected chi connectivity index (χ3v) is 4.59. The van der Waals surface area contributed by atoms with E-state index < -0.39 is 0 Å². The lowest BCUT2D eigenvalue weighted by Gasteiger charge is -2.15. The number of methoxy groups -OCH3 is 2. The predicted octanol–water partition coefficient (Wildman–Crippen LogP) is 3.59. The molecule has 0 atom stereocenters. The van der Waals surface area contributed by atoms with Gasteiger partial charge in [-0.3, -0.25) is 9.69 Å². The Labute approximate surface area is 138 Å². The lowest BCUT2D eigenvalue weighted by Crippen LogP contribution is -2.26. The number of carbonyl (C=O) groups excluding carboxylic acids is 1. The normalized spacial score (nSPS) is 10.6. The summed E-state index contributed by atoms with van der Waals surface area (Å²) in [5, 5.41) is 0.651. The third kappa shape index (κ3) is 2.98. The van der Waals surface area contributed by atoms with Gasteiger partial charge in [0.15, 0.2) is 5.13 Å². The first-order chi connectivity index (χ1) is 11.1. The van der Waals surface area contributed by atoms with E-state index in [1.54, 1.807) is 44.4 Å². The zero-order chi connectivity index (χ0) is 16.4. The van der Waals surface area contributed by atoms with Crippen LogP contribution in [0.4, 0.5) is 5.13 Å². The molecular weight excluding hydrogens is 312 g/mol. The van der Waals surface area contributed by atoms with Crippen LogP contribution in [-0.4, -0.2) is 32.2 Å². The van der Waals surface area contributed by atoms with Crippen molar-refractivity contribution in [1.29, 1.82) is 0 Å². The molecule has 0 aliphatic carbocycles. The van der Waals surface area contributed by atoms with Gasteiger partial charge in [-0.2, -0.15) is 0 Å². The van der Waals surface area contributed by atoms with E-state index >= 15 is 0 Å². The maximum Gasteiger partial charge on any atom is 0.260 e. The van der Waals surface area contributed by atoms with Gasteiger partial charge < -0.3 is 9.47 Å². The Balaban J connectivity index is 1.95. The van der Waals surface area contributed by atoms with Gasteiger partial charge in [-0.15, -0.1) is 0 Å². The standard InChI is InChI=1S/C17H16N2O3S/c1-19(17-18-14-6-4-5-7-15(14)23-17)16(20)11-8-12(21-2)10-13(9-11)22-3/h4-10H,1-3H3.